The summed E-state index contributed by atoms with van der Waals surface area (Å²) in [7, 11) is 0. The van der Waals surface area contributed by atoms with Gasteiger partial charge in [0.25, 0.3) is 0 Å². The van der Waals surface area contributed by atoms with Gasteiger partial charge in [-0.1, -0.05) is 12.8 Å². The fraction of sp³-hybridized carbons (Fsp3) is 0.643. The van der Waals surface area contributed by atoms with Crippen molar-refractivity contribution < 1.29 is 0 Å². The molecule has 0 N–H and O–H groups in total. The topological polar surface area (TPSA) is 56.1 Å². The zero-order valence-corrected chi connectivity index (χ0v) is 11.1. The molecule has 1 aliphatic heterocycles. The molecule has 0 spiro atoms. The maximum Gasteiger partial charge on any atom is 0.226 e. The molecule has 5 nitrogen and oxygen atoms in total. The summed E-state index contributed by atoms with van der Waals surface area (Å²) in [6.45, 7) is 4.10. The molecule has 1 saturated carbocycles. The van der Waals surface area contributed by atoms with Crippen molar-refractivity contribution in [3.05, 3.63) is 18.0 Å². The van der Waals surface area contributed by atoms with E-state index in [4.69, 9.17) is 5.26 Å². The van der Waals surface area contributed by atoms with Crippen molar-refractivity contribution in [3.63, 3.8) is 0 Å². The quantitative estimate of drug-likeness (QED) is 0.802. The van der Waals surface area contributed by atoms with Gasteiger partial charge >= 0.3 is 0 Å². The van der Waals surface area contributed by atoms with Crippen LogP contribution in [0.3, 0.4) is 0 Å². The lowest BCUT2D eigenvalue weighted by Gasteiger charge is -2.38. The van der Waals surface area contributed by atoms with Gasteiger partial charge in [-0.2, -0.15) is 5.26 Å². The summed E-state index contributed by atoms with van der Waals surface area (Å²) in [5, 5.41) is 8.88. The van der Waals surface area contributed by atoms with Crippen molar-refractivity contribution in [3.8, 4) is 6.07 Å². The Balaban J connectivity index is 1.61. The van der Waals surface area contributed by atoms with Crippen LogP contribution in [-0.2, 0) is 0 Å². The molecule has 0 atom stereocenters. The van der Waals surface area contributed by atoms with Crippen LogP contribution in [0.2, 0.25) is 0 Å². The Labute approximate surface area is 113 Å². The number of aromatic nitrogens is 2. The van der Waals surface area contributed by atoms with Gasteiger partial charge < -0.3 is 4.90 Å². The molecule has 1 aromatic rings. The van der Waals surface area contributed by atoms with E-state index >= 15 is 0 Å². The molecule has 0 amide bonds. The van der Waals surface area contributed by atoms with Gasteiger partial charge in [-0.15, -0.1) is 0 Å². The maximum absolute atomic E-state index is 8.88. The van der Waals surface area contributed by atoms with Crippen LogP contribution in [0.4, 0.5) is 5.95 Å². The highest BCUT2D eigenvalue weighted by atomic mass is 15.3. The van der Waals surface area contributed by atoms with E-state index in [1.165, 1.54) is 25.7 Å². The molecule has 2 fully saturated rings. The van der Waals surface area contributed by atoms with Gasteiger partial charge in [0.2, 0.25) is 5.95 Å². The van der Waals surface area contributed by atoms with Gasteiger partial charge in [0.15, 0.2) is 0 Å². The molecule has 0 unspecified atom stereocenters. The Bertz CT molecular complexity index is 467. The summed E-state index contributed by atoms with van der Waals surface area (Å²) in [4.78, 5) is 13.3. The minimum atomic E-state index is 0.447. The molecule has 0 bridgehead atoms. The van der Waals surface area contributed by atoms with E-state index in [0.29, 0.717) is 11.6 Å². The lowest BCUT2D eigenvalue weighted by Crippen LogP contribution is -2.50. The molecule has 0 aromatic carbocycles. The predicted molar refractivity (Wildman–Crippen MR) is 72.8 cm³/mol. The van der Waals surface area contributed by atoms with Crippen molar-refractivity contribution in [2.24, 2.45) is 0 Å². The van der Waals surface area contributed by atoms with Crippen LogP contribution >= 0.6 is 0 Å². The number of nitriles is 1. The third kappa shape index (κ3) is 2.69. The SMILES string of the molecule is N#Cc1ccnc(N2CCN(C3CCCC3)CC2)n1. The summed E-state index contributed by atoms with van der Waals surface area (Å²) < 4.78 is 0. The van der Waals surface area contributed by atoms with Gasteiger partial charge in [-0.05, 0) is 18.9 Å². The van der Waals surface area contributed by atoms with E-state index in [9.17, 15) is 0 Å². The Morgan fingerprint density at radius 3 is 2.58 bits per heavy atom. The number of piperazine rings is 1. The molecular weight excluding hydrogens is 238 g/mol. The smallest absolute Gasteiger partial charge is 0.226 e. The van der Waals surface area contributed by atoms with Crippen LogP contribution in [-0.4, -0.2) is 47.1 Å². The Morgan fingerprint density at radius 1 is 1.16 bits per heavy atom. The van der Waals surface area contributed by atoms with Crippen LogP contribution in [0.5, 0.6) is 0 Å². The third-order valence-corrected chi connectivity index (χ3v) is 4.20. The average Bonchev–Trinajstić information content (AvgIpc) is 3.02. The lowest BCUT2D eigenvalue weighted by molar-refractivity contribution is 0.187. The van der Waals surface area contributed by atoms with E-state index in [0.717, 1.165) is 32.2 Å². The zero-order chi connectivity index (χ0) is 13.1. The number of anilines is 1. The zero-order valence-electron chi connectivity index (χ0n) is 11.1. The van der Waals surface area contributed by atoms with Gasteiger partial charge in [0, 0.05) is 38.4 Å². The molecule has 1 aliphatic carbocycles. The van der Waals surface area contributed by atoms with Crippen molar-refractivity contribution in [2.75, 3.05) is 31.1 Å². The lowest BCUT2D eigenvalue weighted by atomic mass is 10.2. The predicted octanol–water partition coefficient (Wildman–Crippen LogP) is 1.41. The van der Waals surface area contributed by atoms with E-state index in [1.807, 2.05) is 0 Å². The van der Waals surface area contributed by atoms with Crippen molar-refractivity contribution in [1.29, 1.82) is 5.26 Å². The second-order valence-corrected chi connectivity index (χ2v) is 5.31. The standard InChI is InChI=1S/C14H19N5/c15-11-12-5-6-16-14(17-12)19-9-7-18(8-10-19)13-3-1-2-4-13/h5-6,13H,1-4,7-10H2. The minimum absolute atomic E-state index is 0.447. The highest BCUT2D eigenvalue weighted by Crippen LogP contribution is 2.24. The van der Waals surface area contributed by atoms with E-state index in [-0.39, 0.29) is 0 Å². The second kappa shape index (κ2) is 5.54. The number of nitrogens with zero attached hydrogens (tertiary/aromatic N) is 5. The molecule has 3 rings (SSSR count). The molecule has 2 aliphatic rings. The largest absolute Gasteiger partial charge is 0.338 e. The molecular formula is C14H19N5. The number of hydrogen-bond acceptors (Lipinski definition) is 5. The van der Waals surface area contributed by atoms with Crippen molar-refractivity contribution in [2.45, 2.75) is 31.7 Å². The first-order chi connectivity index (χ1) is 9.36. The summed E-state index contributed by atoms with van der Waals surface area (Å²) in [5.41, 5.74) is 0.447. The minimum Gasteiger partial charge on any atom is -0.338 e. The van der Waals surface area contributed by atoms with E-state index < -0.39 is 0 Å². The average molecular weight is 257 g/mol. The third-order valence-electron chi connectivity index (χ3n) is 4.20. The Kier molecular flexibility index (Phi) is 3.60. The molecule has 100 valence electrons. The summed E-state index contributed by atoms with van der Waals surface area (Å²) in [6, 6.07) is 4.52. The molecule has 1 saturated heterocycles. The molecule has 5 heteroatoms. The first-order valence-electron chi connectivity index (χ1n) is 7.09. The summed E-state index contributed by atoms with van der Waals surface area (Å²) in [6.07, 6.45) is 7.17. The van der Waals surface area contributed by atoms with Gasteiger partial charge in [-0.25, -0.2) is 9.97 Å². The van der Waals surface area contributed by atoms with E-state index in [1.54, 1.807) is 12.3 Å². The van der Waals surface area contributed by atoms with Gasteiger partial charge in [0.1, 0.15) is 11.8 Å². The van der Waals surface area contributed by atoms with Gasteiger partial charge in [0.05, 0.1) is 0 Å². The van der Waals surface area contributed by atoms with Crippen molar-refractivity contribution >= 4 is 5.95 Å². The first-order valence-corrected chi connectivity index (χ1v) is 7.09. The van der Waals surface area contributed by atoms with Crippen LogP contribution in [0.25, 0.3) is 0 Å². The van der Waals surface area contributed by atoms with Crippen LogP contribution in [0.1, 0.15) is 31.4 Å². The molecule has 1 aromatic heterocycles. The van der Waals surface area contributed by atoms with Crippen LogP contribution < -0.4 is 4.90 Å². The highest BCUT2D eigenvalue weighted by Gasteiger charge is 2.26. The maximum atomic E-state index is 8.88. The second-order valence-electron chi connectivity index (χ2n) is 5.31. The van der Waals surface area contributed by atoms with Crippen LogP contribution in [0, 0.1) is 11.3 Å². The molecule has 0 radical (unpaired) electrons. The normalized spacial score (nSPS) is 21.5. The number of hydrogen-bond donors (Lipinski definition) is 0. The van der Waals surface area contributed by atoms with Crippen LogP contribution in [0.15, 0.2) is 12.3 Å². The van der Waals surface area contributed by atoms with Crippen molar-refractivity contribution in [1.82, 2.24) is 14.9 Å². The fourth-order valence-corrected chi connectivity index (χ4v) is 3.12. The molecule has 19 heavy (non-hydrogen) atoms. The van der Waals surface area contributed by atoms with E-state index in [2.05, 4.69) is 25.8 Å². The monoisotopic (exact) mass is 257 g/mol. The Morgan fingerprint density at radius 2 is 1.89 bits per heavy atom. The number of rotatable bonds is 2. The first kappa shape index (κ1) is 12.4. The van der Waals surface area contributed by atoms with Gasteiger partial charge in [-0.3, -0.25) is 4.90 Å². The summed E-state index contributed by atoms with van der Waals surface area (Å²) in [5.74, 6) is 0.699. The molecule has 2 heterocycles. The summed E-state index contributed by atoms with van der Waals surface area (Å²) >= 11 is 0. The highest BCUT2D eigenvalue weighted by molar-refractivity contribution is 5.34. The Hall–Kier alpha value is -1.67. The fourth-order valence-electron chi connectivity index (χ4n) is 3.12.